The highest BCUT2D eigenvalue weighted by atomic mass is 32.2. The molecule has 0 aromatic carbocycles. The number of carbonyl (C=O) groups is 1. The van der Waals surface area contributed by atoms with Crippen molar-refractivity contribution < 1.29 is 15.0 Å². The maximum Gasteiger partial charge on any atom is 0.406 e. The molecule has 8 heteroatoms. The molecule has 2 rings (SSSR count). The minimum atomic E-state index is -0.907. The summed E-state index contributed by atoms with van der Waals surface area (Å²) in [7, 11) is 2.95. The molecule has 1 amide bonds. The molecule has 0 spiro atoms. The van der Waals surface area contributed by atoms with Crippen LogP contribution in [-0.4, -0.2) is 76.7 Å². The Balaban J connectivity index is 0.000000315. The lowest BCUT2D eigenvalue weighted by Crippen LogP contribution is -2.39. The Kier molecular flexibility index (Phi) is 6.57. The molecule has 2 heterocycles. The van der Waals surface area contributed by atoms with Crippen LogP contribution in [0.15, 0.2) is 29.0 Å². The zero-order chi connectivity index (χ0) is 16.0. The van der Waals surface area contributed by atoms with Crippen molar-refractivity contribution in [3.63, 3.8) is 0 Å². The van der Waals surface area contributed by atoms with E-state index in [1.165, 1.54) is 14.1 Å². The van der Waals surface area contributed by atoms with Gasteiger partial charge < -0.3 is 25.7 Å². The van der Waals surface area contributed by atoms with Crippen LogP contribution < -0.4 is 5.73 Å². The smallest absolute Gasteiger partial charge is 0.406 e. The Bertz CT molecular complexity index is 456. The maximum atomic E-state index is 9.72. The van der Waals surface area contributed by atoms with Gasteiger partial charge in [-0.25, -0.2) is 9.79 Å². The number of thioether (sulfide) groups is 1. The summed E-state index contributed by atoms with van der Waals surface area (Å²) in [5, 5.41) is 17.6. The number of nitrogens with two attached hydrogens (primary N) is 1. The van der Waals surface area contributed by atoms with Gasteiger partial charge in [0.15, 0.2) is 0 Å². The summed E-state index contributed by atoms with van der Waals surface area (Å²) in [6.07, 6.45) is -0.0185. The molecule has 0 saturated carbocycles. The average Bonchev–Trinajstić information content (AvgIpc) is 2.46. The SMILES string of the molecule is C=C1C(N2CCSCC2)=CN=C(N)C1O.CN(C)C(=O)O. The lowest BCUT2D eigenvalue weighted by Gasteiger charge is -2.33. The number of hydrogen-bond acceptors (Lipinski definition) is 6. The molecule has 0 aliphatic carbocycles. The van der Waals surface area contributed by atoms with E-state index in [1.807, 2.05) is 11.8 Å². The molecule has 21 heavy (non-hydrogen) atoms. The molecular weight excluding hydrogens is 292 g/mol. The summed E-state index contributed by atoms with van der Waals surface area (Å²) < 4.78 is 0. The predicted octanol–water partition coefficient (Wildman–Crippen LogP) is 0.391. The molecule has 1 atom stereocenters. The van der Waals surface area contributed by atoms with Crippen LogP contribution >= 0.6 is 11.8 Å². The number of aliphatic hydroxyl groups is 1. The van der Waals surface area contributed by atoms with Gasteiger partial charge in [-0.05, 0) is 0 Å². The van der Waals surface area contributed by atoms with Crippen LogP contribution in [0.25, 0.3) is 0 Å². The zero-order valence-corrected chi connectivity index (χ0v) is 13.1. The van der Waals surface area contributed by atoms with E-state index in [1.54, 1.807) is 6.20 Å². The minimum absolute atomic E-state index is 0.232. The highest BCUT2D eigenvalue weighted by Gasteiger charge is 2.25. The van der Waals surface area contributed by atoms with Crippen molar-refractivity contribution >= 4 is 23.7 Å². The Morgan fingerprint density at radius 3 is 2.52 bits per heavy atom. The van der Waals surface area contributed by atoms with E-state index in [0.717, 1.165) is 35.2 Å². The van der Waals surface area contributed by atoms with E-state index in [9.17, 15) is 9.90 Å². The Hall–Kier alpha value is -1.67. The Morgan fingerprint density at radius 1 is 1.52 bits per heavy atom. The van der Waals surface area contributed by atoms with E-state index < -0.39 is 12.2 Å². The summed E-state index contributed by atoms with van der Waals surface area (Å²) in [4.78, 5) is 16.9. The van der Waals surface area contributed by atoms with Crippen LogP contribution in [0.4, 0.5) is 4.79 Å². The van der Waals surface area contributed by atoms with Gasteiger partial charge in [0.2, 0.25) is 0 Å². The monoisotopic (exact) mass is 314 g/mol. The third-order valence-electron chi connectivity index (χ3n) is 3.01. The third-order valence-corrected chi connectivity index (χ3v) is 3.95. The molecule has 1 fully saturated rings. The predicted molar refractivity (Wildman–Crippen MR) is 85.5 cm³/mol. The molecule has 2 aliphatic rings. The maximum absolute atomic E-state index is 9.72. The van der Waals surface area contributed by atoms with Crippen LogP contribution in [-0.2, 0) is 0 Å². The normalized spacial score (nSPS) is 21.8. The van der Waals surface area contributed by atoms with E-state index in [-0.39, 0.29) is 5.84 Å². The molecule has 0 bridgehead atoms. The van der Waals surface area contributed by atoms with E-state index in [0.29, 0.717) is 5.57 Å². The summed E-state index contributed by atoms with van der Waals surface area (Å²) in [5.41, 5.74) is 7.12. The summed E-state index contributed by atoms with van der Waals surface area (Å²) in [5.74, 6) is 2.45. The van der Waals surface area contributed by atoms with Crippen LogP contribution in [0.5, 0.6) is 0 Å². The summed E-state index contributed by atoms with van der Waals surface area (Å²) in [6, 6.07) is 0. The second-order valence-corrected chi connectivity index (χ2v) is 6.00. The van der Waals surface area contributed by atoms with Crippen LogP contribution in [0.3, 0.4) is 0 Å². The molecule has 7 nitrogen and oxygen atoms in total. The number of carboxylic acid groups (broad SMARTS) is 1. The first-order valence-corrected chi connectivity index (χ1v) is 7.63. The molecule has 1 unspecified atom stereocenters. The fourth-order valence-corrected chi connectivity index (χ4v) is 2.60. The fraction of sp³-hybridized carbons (Fsp3) is 0.538. The third kappa shape index (κ3) is 4.98. The van der Waals surface area contributed by atoms with Gasteiger partial charge in [0.05, 0.1) is 11.9 Å². The van der Waals surface area contributed by atoms with Gasteiger partial charge in [-0.15, -0.1) is 0 Å². The van der Waals surface area contributed by atoms with E-state index >= 15 is 0 Å². The first-order valence-electron chi connectivity index (χ1n) is 6.48. The van der Waals surface area contributed by atoms with Crippen molar-refractivity contribution in [1.29, 1.82) is 0 Å². The number of amides is 1. The van der Waals surface area contributed by atoms with Crippen LogP contribution in [0.1, 0.15) is 0 Å². The van der Waals surface area contributed by atoms with Gasteiger partial charge in [-0.2, -0.15) is 11.8 Å². The quantitative estimate of drug-likeness (QED) is 0.647. The number of amidine groups is 1. The lowest BCUT2D eigenvalue weighted by molar-refractivity contribution is 0.165. The van der Waals surface area contributed by atoms with Gasteiger partial charge in [-0.3, -0.25) is 0 Å². The molecule has 2 aliphatic heterocycles. The summed E-state index contributed by atoms with van der Waals surface area (Å²) in [6.45, 7) is 5.84. The lowest BCUT2D eigenvalue weighted by atomic mass is 10.0. The highest BCUT2D eigenvalue weighted by Crippen LogP contribution is 2.24. The fourth-order valence-electron chi connectivity index (χ4n) is 1.70. The van der Waals surface area contributed by atoms with Crippen LogP contribution in [0.2, 0.25) is 0 Å². The van der Waals surface area contributed by atoms with E-state index in [2.05, 4.69) is 16.5 Å². The molecule has 0 radical (unpaired) electrons. The molecule has 1 saturated heterocycles. The second kappa shape index (κ2) is 7.94. The first kappa shape index (κ1) is 17.4. The Morgan fingerprint density at radius 2 is 2.05 bits per heavy atom. The van der Waals surface area contributed by atoms with Crippen molar-refractivity contribution in [2.24, 2.45) is 10.7 Å². The average molecular weight is 314 g/mol. The van der Waals surface area contributed by atoms with Crippen molar-refractivity contribution in [2.45, 2.75) is 6.10 Å². The van der Waals surface area contributed by atoms with Gasteiger partial charge >= 0.3 is 6.09 Å². The van der Waals surface area contributed by atoms with Crippen molar-refractivity contribution in [1.82, 2.24) is 9.80 Å². The number of hydrogen-bond donors (Lipinski definition) is 3. The molecule has 118 valence electrons. The minimum Gasteiger partial charge on any atom is -0.465 e. The molecule has 0 aromatic heterocycles. The highest BCUT2D eigenvalue weighted by molar-refractivity contribution is 7.99. The van der Waals surface area contributed by atoms with Gasteiger partial charge in [0, 0.05) is 44.3 Å². The number of aliphatic imine (C=N–C) groups is 1. The topological polar surface area (TPSA) is 102 Å². The van der Waals surface area contributed by atoms with Gasteiger partial charge in [0.1, 0.15) is 11.9 Å². The van der Waals surface area contributed by atoms with Crippen molar-refractivity contribution in [3.05, 3.63) is 24.0 Å². The van der Waals surface area contributed by atoms with Crippen molar-refractivity contribution in [3.8, 4) is 0 Å². The zero-order valence-electron chi connectivity index (χ0n) is 12.3. The molecule has 4 N–H and O–H groups in total. The molecule has 0 aromatic rings. The van der Waals surface area contributed by atoms with Gasteiger partial charge in [0.25, 0.3) is 0 Å². The summed E-state index contributed by atoms with van der Waals surface area (Å²) >= 11 is 1.94. The number of nitrogens with zero attached hydrogens (tertiary/aromatic N) is 3. The van der Waals surface area contributed by atoms with Crippen molar-refractivity contribution in [2.75, 3.05) is 38.7 Å². The number of rotatable bonds is 1. The largest absolute Gasteiger partial charge is 0.465 e. The van der Waals surface area contributed by atoms with Crippen LogP contribution in [0, 0.1) is 0 Å². The number of aliphatic hydroxyl groups excluding tert-OH is 1. The standard InChI is InChI=1S/C10H15N3OS.C3H7NO2/c1-7-8(6-12-10(11)9(7)14)13-2-4-15-5-3-13;1-4(2)3(5)6/h6,9,14H,1-5H2,(H2,11,12);1-2H3,(H,5,6). The van der Waals surface area contributed by atoms with E-state index in [4.69, 9.17) is 10.8 Å². The first-order chi connectivity index (χ1) is 9.84. The molecular formula is C13H22N4O3S. The van der Waals surface area contributed by atoms with Gasteiger partial charge in [-0.1, -0.05) is 6.58 Å². The Labute approximate surface area is 128 Å². The second-order valence-electron chi connectivity index (χ2n) is 4.77.